The summed E-state index contributed by atoms with van der Waals surface area (Å²) in [6.45, 7) is 4.59. The molecule has 127 valence electrons. The predicted molar refractivity (Wildman–Crippen MR) is 98.8 cm³/mol. The summed E-state index contributed by atoms with van der Waals surface area (Å²) in [7, 11) is 0. The highest BCUT2D eigenvalue weighted by Crippen LogP contribution is 2.13. The van der Waals surface area contributed by atoms with Gasteiger partial charge in [-0.3, -0.25) is 0 Å². The van der Waals surface area contributed by atoms with Crippen LogP contribution in [-0.4, -0.2) is 0 Å². The summed E-state index contributed by atoms with van der Waals surface area (Å²) < 4.78 is 0. The van der Waals surface area contributed by atoms with Crippen LogP contribution in [0.2, 0.25) is 0 Å². The minimum absolute atomic E-state index is 1.37. The van der Waals surface area contributed by atoms with E-state index in [-0.39, 0.29) is 0 Å². The monoisotopic (exact) mass is 295 g/mol. The van der Waals surface area contributed by atoms with E-state index in [4.69, 9.17) is 0 Å². The molecule has 0 rings (SSSR count). The summed E-state index contributed by atoms with van der Waals surface area (Å²) in [6.07, 6.45) is 28.4. The SMILES string of the molecule is CCCCCCCCCC[CH]CCCCCCCCCC. The second kappa shape index (κ2) is 20.0. The Morgan fingerprint density at radius 2 is 0.667 bits per heavy atom. The highest BCUT2D eigenvalue weighted by atomic mass is 14.0. The van der Waals surface area contributed by atoms with E-state index >= 15 is 0 Å². The van der Waals surface area contributed by atoms with E-state index in [0.717, 1.165) is 0 Å². The Morgan fingerprint density at radius 1 is 0.381 bits per heavy atom. The van der Waals surface area contributed by atoms with Gasteiger partial charge < -0.3 is 0 Å². The fraction of sp³-hybridized carbons (Fsp3) is 0.952. The Kier molecular flexibility index (Phi) is 20.0. The van der Waals surface area contributed by atoms with Crippen molar-refractivity contribution in [3.8, 4) is 0 Å². The van der Waals surface area contributed by atoms with E-state index in [1.165, 1.54) is 116 Å². The summed E-state index contributed by atoms with van der Waals surface area (Å²) in [5.74, 6) is 0. The molecule has 0 bridgehead atoms. The maximum atomic E-state index is 2.55. The van der Waals surface area contributed by atoms with E-state index in [9.17, 15) is 0 Å². The van der Waals surface area contributed by atoms with Crippen LogP contribution in [0.25, 0.3) is 0 Å². The molecular formula is C21H43. The third kappa shape index (κ3) is 20.0. The first kappa shape index (κ1) is 21.0. The van der Waals surface area contributed by atoms with Crippen molar-refractivity contribution in [3.05, 3.63) is 6.42 Å². The highest BCUT2D eigenvalue weighted by molar-refractivity contribution is 4.64. The van der Waals surface area contributed by atoms with Crippen LogP contribution in [0.1, 0.15) is 129 Å². The Bertz CT molecular complexity index is 143. The van der Waals surface area contributed by atoms with Crippen molar-refractivity contribution in [2.45, 2.75) is 129 Å². The summed E-state index contributed by atoms with van der Waals surface area (Å²) in [5, 5.41) is 0. The molecule has 0 unspecified atom stereocenters. The van der Waals surface area contributed by atoms with Crippen LogP contribution < -0.4 is 0 Å². The molecule has 0 aromatic rings. The van der Waals surface area contributed by atoms with Gasteiger partial charge in [-0.1, -0.05) is 129 Å². The molecule has 0 heteroatoms. The van der Waals surface area contributed by atoms with Crippen molar-refractivity contribution in [1.29, 1.82) is 0 Å². The molecule has 1 radical (unpaired) electrons. The maximum Gasteiger partial charge on any atom is -0.0386 e. The fourth-order valence-electron chi connectivity index (χ4n) is 2.99. The Balaban J connectivity index is 2.90. The molecule has 0 saturated heterocycles. The van der Waals surface area contributed by atoms with Gasteiger partial charge in [-0.25, -0.2) is 0 Å². The second-order valence-corrected chi connectivity index (χ2v) is 6.82. The van der Waals surface area contributed by atoms with Crippen LogP contribution in [0, 0.1) is 6.42 Å². The molecule has 0 spiro atoms. The normalized spacial score (nSPS) is 11.1. The molecule has 0 amide bonds. The minimum atomic E-state index is 1.37. The molecule has 0 aliphatic rings. The molecule has 0 aliphatic heterocycles. The van der Waals surface area contributed by atoms with Gasteiger partial charge in [0, 0.05) is 0 Å². The topological polar surface area (TPSA) is 0 Å². The summed E-state index contributed by atoms with van der Waals surface area (Å²) in [5.41, 5.74) is 0. The van der Waals surface area contributed by atoms with Crippen LogP contribution in [0.15, 0.2) is 0 Å². The van der Waals surface area contributed by atoms with E-state index in [1.54, 1.807) is 0 Å². The molecule has 0 nitrogen and oxygen atoms in total. The van der Waals surface area contributed by atoms with Crippen LogP contribution in [0.5, 0.6) is 0 Å². The Hall–Kier alpha value is 0. The van der Waals surface area contributed by atoms with Crippen LogP contribution >= 0.6 is 0 Å². The largest absolute Gasteiger partial charge is 0.0654 e. The van der Waals surface area contributed by atoms with Gasteiger partial charge in [0.2, 0.25) is 0 Å². The lowest BCUT2D eigenvalue weighted by atomic mass is 10.0. The van der Waals surface area contributed by atoms with Crippen molar-refractivity contribution in [3.63, 3.8) is 0 Å². The van der Waals surface area contributed by atoms with Crippen molar-refractivity contribution < 1.29 is 0 Å². The lowest BCUT2D eigenvalue weighted by Gasteiger charge is -2.03. The number of unbranched alkanes of at least 4 members (excludes halogenated alkanes) is 18. The smallest absolute Gasteiger partial charge is 0.0386 e. The van der Waals surface area contributed by atoms with E-state index < -0.39 is 0 Å². The van der Waals surface area contributed by atoms with Crippen molar-refractivity contribution in [2.24, 2.45) is 0 Å². The molecule has 0 atom stereocenters. The molecule has 0 fully saturated rings. The molecule has 0 aliphatic carbocycles. The van der Waals surface area contributed by atoms with Crippen molar-refractivity contribution >= 4 is 0 Å². The summed E-state index contributed by atoms with van der Waals surface area (Å²) in [6, 6.07) is 0. The molecule has 21 heavy (non-hydrogen) atoms. The van der Waals surface area contributed by atoms with Gasteiger partial charge >= 0.3 is 0 Å². The van der Waals surface area contributed by atoms with Crippen molar-refractivity contribution in [2.75, 3.05) is 0 Å². The van der Waals surface area contributed by atoms with E-state index in [1.807, 2.05) is 0 Å². The molecule has 0 heterocycles. The second-order valence-electron chi connectivity index (χ2n) is 6.82. The van der Waals surface area contributed by atoms with Gasteiger partial charge in [0.1, 0.15) is 0 Å². The van der Waals surface area contributed by atoms with Gasteiger partial charge in [-0.2, -0.15) is 0 Å². The maximum absolute atomic E-state index is 2.55. The van der Waals surface area contributed by atoms with Gasteiger partial charge in [-0.05, 0) is 6.42 Å². The van der Waals surface area contributed by atoms with E-state index in [0.29, 0.717) is 0 Å². The highest BCUT2D eigenvalue weighted by Gasteiger charge is 1.94. The van der Waals surface area contributed by atoms with Gasteiger partial charge in [0.05, 0.1) is 0 Å². The number of hydrogen-bond donors (Lipinski definition) is 0. The average Bonchev–Trinajstić information content (AvgIpc) is 2.50. The van der Waals surface area contributed by atoms with Crippen LogP contribution in [0.4, 0.5) is 0 Å². The summed E-state index contributed by atoms with van der Waals surface area (Å²) in [4.78, 5) is 0. The van der Waals surface area contributed by atoms with Gasteiger partial charge in [0.15, 0.2) is 0 Å². The van der Waals surface area contributed by atoms with Gasteiger partial charge in [0.25, 0.3) is 0 Å². The minimum Gasteiger partial charge on any atom is -0.0654 e. The molecule has 0 saturated carbocycles. The zero-order valence-electron chi connectivity index (χ0n) is 15.3. The zero-order valence-corrected chi connectivity index (χ0v) is 15.3. The average molecular weight is 296 g/mol. The van der Waals surface area contributed by atoms with Crippen LogP contribution in [-0.2, 0) is 0 Å². The first-order chi connectivity index (χ1) is 10.4. The van der Waals surface area contributed by atoms with Crippen LogP contribution in [0.3, 0.4) is 0 Å². The zero-order chi connectivity index (χ0) is 15.4. The first-order valence-electron chi connectivity index (χ1n) is 10.2. The fourth-order valence-corrected chi connectivity index (χ4v) is 2.99. The lowest BCUT2D eigenvalue weighted by molar-refractivity contribution is 0.559. The summed E-state index contributed by atoms with van der Waals surface area (Å²) >= 11 is 0. The quantitative estimate of drug-likeness (QED) is 0.223. The molecular weight excluding hydrogens is 252 g/mol. The Morgan fingerprint density at radius 3 is 1.00 bits per heavy atom. The third-order valence-corrected chi connectivity index (χ3v) is 4.52. The molecule has 0 N–H and O–H groups in total. The predicted octanol–water partition coefficient (Wildman–Crippen LogP) is 8.25. The molecule has 0 aromatic carbocycles. The third-order valence-electron chi connectivity index (χ3n) is 4.52. The Labute approximate surface area is 136 Å². The molecule has 0 aromatic heterocycles. The number of hydrogen-bond acceptors (Lipinski definition) is 0. The lowest BCUT2D eigenvalue weighted by Crippen LogP contribution is -1.84. The van der Waals surface area contributed by atoms with Crippen molar-refractivity contribution in [1.82, 2.24) is 0 Å². The van der Waals surface area contributed by atoms with E-state index in [2.05, 4.69) is 20.3 Å². The first-order valence-corrected chi connectivity index (χ1v) is 10.2. The van der Waals surface area contributed by atoms with Gasteiger partial charge in [-0.15, -0.1) is 0 Å². The standard InChI is InChI=1S/C21H43/c1-3-5-7-9-11-13-15-17-19-21-20-18-16-14-12-10-8-6-4-2/h21H,3-20H2,1-2H3. The number of rotatable bonds is 18.